The molecule has 1 aliphatic heterocycles. The number of aryl methyl sites for hydroxylation is 1. The number of rotatable bonds is 5. The number of halogens is 4. The van der Waals surface area contributed by atoms with E-state index >= 15 is 0 Å². The van der Waals surface area contributed by atoms with Crippen LogP contribution in [0.3, 0.4) is 0 Å². The predicted molar refractivity (Wildman–Crippen MR) is 123 cm³/mol. The molecule has 3 nitrogen and oxygen atoms in total. The molecule has 0 saturated heterocycles. The van der Waals surface area contributed by atoms with E-state index in [0.717, 1.165) is 11.6 Å². The van der Waals surface area contributed by atoms with Gasteiger partial charge in [0.15, 0.2) is 0 Å². The average molecular weight is 468 g/mol. The van der Waals surface area contributed by atoms with Gasteiger partial charge in [-0.1, -0.05) is 55.8 Å². The zero-order valence-corrected chi connectivity index (χ0v) is 19.0. The Balaban J connectivity index is 1.73. The van der Waals surface area contributed by atoms with Crippen LogP contribution in [0.2, 0.25) is 0 Å². The lowest BCUT2D eigenvalue weighted by atomic mass is 9.81. The monoisotopic (exact) mass is 468 g/mol. The molecule has 2 heterocycles. The number of hydrogen-bond donors (Lipinski definition) is 0. The molecule has 0 saturated carbocycles. The van der Waals surface area contributed by atoms with Gasteiger partial charge >= 0.3 is 6.18 Å². The minimum atomic E-state index is -4.56. The number of carbonyl (C=O) groups is 1. The highest BCUT2D eigenvalue weighted by Crippen LogP contribution is 2.41. The molecule has 0 spiro atoms. The van der Waals surface area contributed by atoms with Crippen LogP contribution in [-0.2, 0) is 16.4 Å². The van der Waals surface area contributed by atoms with Crippen molar-refractivity contribution in [3.05, 3.63) is 107 Å². The largest absolute Gasteiger partial charge is 0.433 e. The van der Waals surface area contributed by atoms with Crippen molar-refractivity contribution in [2.45, 2.75) is 44.8 Å². The molecule has 1 atom stereocenters. The zero-order valence-electron chi connectivity index (χ0n) is 19.0. The summed E-state index contributed by atoms with van der Waals surface area (Å²) < 4.78 is 54.3. The standard InChI is InChI=1S/C27H24F4N2O/c1-17-11-13-19(14-12-17)33-22(20-7-4-5-8-21(20)28)15-18(25(33)34)16-26(2,3)23-9-6-10-24(32-23)27(29,30)31/h4-15,22H,16H2,1-3H3. The Morgan fingerprint density at radius 2 is 1.56 bits per heavy atom. The van der Waals surface area contributed by atoms with Crippen LogP contribution < -0.4 is 4.90 Å². The molecule has 3 aromatic rings. The van der Waals surface area contributed by atoms with Gasteiger partial charge in [0, 0.05) is 27.9 Å². The summed E-state index contributed by atoms with van der Waals surface area (Å²) in [5, 5.41) is 0. The van der Waals surface area contributed by atoms with Crippen LogP contribution >= 0.6 is 0 Å². The zero-order chi connectivity index (χ0) is 24.7. The minimum absolute atomic E-state index is 0.146. The fraction of sp³-hybridized carbons (Fsp3) is 0.259. The number of carbonyl (C=O) groups excluding carboxylic acids is 1. The number of alkyl halides is 3. The highest BCUT2D eigenvalue weighted by atomic mass is 19.4. The smallest absolute Gasteiger partial charge is 0.298 e. The van der Waals surface area contributed by atoms with E-state index < -0.39 is 29.1 Å². The molecule has 0 bridgehead atoms. The van der Waals surface area contributed by atoms with E-state index in [9.17, 15) is 22.4 Å². The number of anilines is 1. The summed E-state index contributed by atoms with van der Waals surface area (Å²) in [5.41, 5.74) is 0.765. The van der Waals surface area contributed by atoms with Crippen molar-refractivity contribution >= 4 is 11.6 Å². The highest BCUT2D eigenvalue weighted by Gasteiger charge is 2.39. The van der Waals surface area contributed by atoms with Crippen molar-refractivity contribution < 1.29 is 22.4 Å². The predicted octanol–water partition coefficient (Wildman–Crippen LogP) is 6.93. The van der Waals surface area contributed by atoms with Crippen LogP contribution in [0.5, 0.6) is 0 Å². The molecule has 4 rings (SSSR count). The molecule has 176 valence electrons. The van der Waals surface area contributed by atoms with Gasteiger partial charge in [0.2, 0.25) is 0 Å². The first kappa shape index (κ1) is 23.7. The number of nitrogens with zero attached hydrogens (tertiary/aromatic N) is 2. The van der Waals surface area contributed by atoms with Crippen LogP contribution in [-0.4, -0.2) is 10.9 Å². The van der Waals surface area contributed by atoms with Gasteiger partial charge in [0.1, 0.15) is 11.5 Å². The van der Waals surface area contributed by atoms with Crippen LogP contribution in [0.15, 0.2) is 78.4 Å². The van der Waals surface area contributed by atoms with Crippen molar-refractivity contribution in [2.75, 3.05) is 4.90 Å². The second-order valence-corrected chi connectivity index (χ2v) is 9.14. The third-order valence-corrected chi connectivity index (χ3v) is 6.03. The van der Waals surface area contributed by atoms with Crippen molar-refractivity contribution in [3.63, 3.8) is 0 Å². The summed E-state index contributed by atoms with van der Waals surface area (Å²) in [7, 11) is 0. The molecule has 2 aromatic carbocycles. The third-order valence-electron chi connectivity index (χ3n) is 6.03. The summed E-state index contributed by atoms with van der Waals surface area (Å²) in [6.45, 7) is 5.42. The Morgan fingerprint density at radius 1 is 0.912 bits per heavy atom. The maximum absolute atomic E-state index is 14.7. The van der Waals surface area contributed by atoms with Crippen LogP contribution in [0.4, 0.5) is 23.2 Å². The van der Waals surface area contributed by atoms with Crippen LogP contribution in [0.25, 0.3) is 0 Å². The summed E-state index contributed by atoms with van der Waals surface area (Å²) >= 11 is 0. The van der Waals surface area contributed by atoms with Gasteiger partial charge in [0.25, 0.3) is 5.91 Å². The van der Waals surface area contributed by atoms with Crippen molar-refractivity contribution in [3.8, 4) is 0 Å². The number of benzene rings is 2. The molecular formula is C27H24F4N2O. The summed E-state index contributed by atoms with van der Waals surface area (Å²) in [6.07, 6.45) is -2.71. The van der Waals surface area contributed by atoms with E-state index in [1.165, 1.54) is 23.1 Å². The van der Waals surface area contributed by atoms with Gasteiger partial charge < -0.3 is 0 Å². The number of amides is 1. The van der Waals surface area contributed by atoms with E-state index in [1.807, 2.05) is 19.1 Å². The molecule has 0 radical (unpaired) electrons. The second kappa shape index (κ2) is 8.70. The first-order valence-electron chi connectivity index (χ1n) is 10.9. The molecule has 0 fully saturated rings. The van der Waals surface area contributed by atoms with Crippen molar-refractivity contribution in [1.82, 2.24) is 4.98 Å². The van der Waals surface area contributed by atoms with Gasteiger partial charge in [-0.15, -0.1) is 0 Å². The summed E-state index contributed by atoms with van der Waals surface area (Å²) in [4.78, 5) is 18.9. The third kappa shape index (κ3) is 4.60. The van der Waals surface area contributed by atoms with Crippen molar-refractivity contribution in [1.29, 1.82) is 0 Å². The first-order valence-corrected chi connectivity index (χ1v) is 10.9. The minimum Gasteiger partial charge on any atom is -0.298 e. The Hall–Kier alpha value is -3.48. The molecule has 1 aliphatic rings. The normalized spacial score (nSPS) is 16.7. The molecule has 0 aliphatic carbocycles. The Bertz CT molecular complexity index is 1250. The fourth-order valence-electron chi connectivity index (χ4n) is 4.22. The van der Waals surface area contributed by atoms with Crippen LogP contribution in [0.1, 0.15) is 48.8 Å². The molecule has 1 unspecified atom stereocenters. The number of hydrogen-bond acceptors (Lipinski definition) is 2. The van der Waals surface area contributed by atoms with E-state index in [4.69, 9.17) is 0 Å². The Labute approximate surface area is 195 Å². The van der Waals surface area contributed by atoms with E-state index in [-0.39, 0.29) is 18.0 Å². The molecule has 1 amide bonds. The van der Waals surface area contributed by atoms with Gasteiger partial charge in [0.05, 0.1) is 6.04 Å². The lowest BCUT2D eigenvalue weighted by molar-refractivity contribution is -0.141. The maximum Gasteiger partial charge on any atom is 0.433 e. The van der Waals surface area contributed by atoms with Gasteiger partial charge in [-0.05, 0) is 49.8 Å². The maximum atomic E-state index is 14.7. The molecule has 0 N–H and O–H groups in total. The van der Waals surface area contributed by atoms with Gasteiger partial charge in [-0.2, -0.15) is 13.2 Å². The lowest BCUT2D eigenvalue weighted by Crippen LogP contribution is -2.31. The Kier molecular flexibility index (Phi) is 6.06. The number of pyridine rings is 1. The topological polar surface area (TPSA) is 33.2 Å². The molecule has 34 heavy (non-hydrogen) atoms. The Morgan fingerprint density at radius 3 is 2.21 bits per heavy atom. The quantitative estimate of drug-likeness (QED) is 0.381. The van der Waals surface area contributed by atoms with Crippen molar-refractivity contribution in [2.24, 2.45) is 0 Å². The SMILES string of the molecule is Cc1ccc(N2C(=O)C(CC(C)(C)c3cccc(C(F)(F)F)n3)=CC2c2ccccc2F)cc1. The average Bonchev–Trinajstić information content (AvgIpc) is 3.09. The highest BCUT2D eigenvalue weighted by molar-refractivity contribution is 6.09. The fourth-order valence-corrected chi connectivity index (χ4v) is 4.22. The number of aromatic nitrogens is 1. The molecule has 7 heteroatoms. The molecule has 1 aromatic heterocycles. The van der Waals surface area contributed by atoms with Gasteiger partial charge in [-0.3, -0.25) is 9.69 Å². The first-order chi connectivity index (χ1) is 16.0. The lowest BCUT2D eigenvalue weighted by Gasteiger charge is -2.27. The van der Waals surface area contributed by atoms with E-state index in [1.54, 1.807) is 50.3 Å². The molecular weight excluding hydrogens is 444 g/mol. The van der Waals surface area contributed by atoms with Crippen LogP contribution in [0, 0.1) is 12.7 Å². The second-order valence-electron chi connectivity index (χ2n) is 9.14. The van der Waals surface area contributed by atoms with Gasteiger partial charge in [-0.25, -0.2) is 9.37 Å². The van der Waals surface area contributed by atoms with E-state index in [0.29, 0.717) is 16.8 Å². The van der Waals surface area contributed by atoms with E-state index in [2.05, 4.69) is 4.98 Å². The summed E-state index contributed by atoms with van der Waals surface area (Å²) in [5.74, 6) is -0.745. The summed E-state index contributed by atoms with van der Waals surface area (Å²) in [6, 6.07) is 16.7.